The molecule has 0 bridgehead atoms. The highest BCUT2D eigenvalue weighted by Crippen LogP contribution is 2.19. The van der Waals surface area contributed by atoms with Crippen LogP contribution in [0.1, 0.15) is 5.56 Å². The second-order valence-electron chi connectivity index (χ2n) is 3.56. The van der Waals surface area contributed by atoms with Crippen molar-refractivity contribution >= 4 is 22.6 Å². The fourth-order valence-electron chi connectivity index (χ4n) is 1.45. The third kappa shape index (κ3) is 2.98. The van der Waals surface area contributed by atoms with Gasteiger partial charge in [-0.15, -0.1) is 0 Å². The highest BCUT2D eigenvalue weighted by atomic mass is 127. The van der Waals surface area contributed by atoms with E-state index in [0.717, 1.165) is 12.3 Å². The molecule has 3 nitrogen and oxygen atoms in total. The van der Waals surface area contributed by atoms with Gasteiger partial charge in [-0.05, 0) is 53.3 Å². The number of halogens is 1. The Balaban J connectivity index is 1.90. The molecule has 4 heteroatoms. The molecule has 0 unspecified atom stereocenters. The lowest BCUT2D eigenvalue weighted by Crippen LogP contribution is -2.07. The number of imidazole rings is 1. The van der Waals surface area contributed by atoms with Crippen LogP contribution >= 0.6 is 22.6 Å². The molecule has 0 radical (unpaired) electrons. The van der Waals surface area contributed by atoms with E-state index in [1.165, 1.54) is 9.13 Å². The Morgan fingerprint density at radius 3 is 3.00 bits per heavy atom. The number of hydrogen-bond donors (Lipinski definition) is 0. The van der Waals surface area contributed by atoms with E-state index in [0.29, 0.717) is 6.61 Å². The van der Waals surface area contributed by atoms with Crippen molar-refractivity contribution in [2.45, 2.75) is 13.5 Å². The van der Waals surface area contributed by atoms with Crippen LogP contribution in [0.25, 0.3) is 0 Å². The average Bonchev–Trinajstić information content (AvgIpc) is 2.74. The number of rotatable bonds is 4. The van der Waals surface area contributed by atoms with Gasteiger partial charge in [-0.25, -0.2) is 4.98 Å². The van der Waals surface area contributed by atoms with E-state index >= 15 is 0 Å². The molecule has 0 amide bonds. The Kier molecular flexibility index (Phi) is 3.82. The van der Waals surface area contributed by atoms with Gasteiger partial charge in [0.1, 0.15) is 12.4 Å². The second kappa shape index (κ2) is 5.34. The van der Waals surface area contributed by atoms with Crippen LogP contribution in [-0.2, 0) is 6.54 Å². The lowest BCUT2D eigenvalue weighted by Gasteiger charge is -2.09. The van der Waals surface area contributed by atoms with Crippen molar-refractivity contribution < 1.29 is 4.74 Å². The summed E-state index contributed by atoms with van der Waals surface area (Å²) in [5.41, 5.74) is 1.18. The van der Waals surface area contributed by atoms with Gasteiger partial charge < -0.3 is 9.30 Å². The maximum absolute atomic E-state index is 5.71. The molecule has 1 heterocycles. The van der Waals surface area contributed by atoms with Crippen molar-refractivity contribution in [3.8, 4) is 5.75 Å². The van der Waals surface area contributed by atoms with Crippen LogP contribution in [0, 0.1) is 10.5 Å². The first-order valence-corrected chi connectivity index (χ1v) is 6.18. The smallest absolute Gasteiger partial charge is 0.122 e. The van der Waals surface area contributed by atoms with Crippen LogP contribution in [0.15, 0.2) is 36.9 Å². The Morgan fingerprint density at radius 1 is 1.44 bits per heavy atom. The predicted molar refractivity (Wildman–Crippen MR) is 71.6 cm³/mol. The van der Waals surface area contributed by atoms with Crippen LogP contribution in [-0.4, -0.2) is 16.2 Å². The topological polar surface area (TPSA) is 27.1 Å². The van der Waals surface area contributed by atoms with Crippen LogP contribution in [0.2, 0.25) is 0 Å². The summed E-state index contributed by atoms with van der Waals surface area (Å²) in [6, 6.07) is 6.19. The molecule has 1 aromatic carbocycles. The number of nitrogens with zero attached hydrogens (tertiary/aromatic N) is 2. The summed E-state index contributed by atoms with van der Waals surface area (Å²) in [6.45, 7) is 3.55. The van der Waals surface area contributed by atoms with Gasteiger partial charge in [0.2, 0.25) is 0 Å². The number of ether oxygens (including phenoxy) is 1. The molecule has 0 aliphatic rings. The zero-order chi connectivity index (χ0) is 11.4. The fraction of sp³-hybridized carbons (Fsp3) is 0.250. The Hall–Kier alpha value is -1.04. The van der Waals surface area contributed by atoms with Crippen LogP contribution in [0.5, 0.6) is 5.75 Å². The summed E-state index contributed by atoms with van der Waals surface area (Å²) in [5.74, 6) is 0.959. The molecule has 0 fully saturated rings. The second-order valence-corrected chi connectivity index (χ2v) is 4.80. The summed E-state index contributed by atoms with van der Waals surface area (Å²) >= 11 is 2.30. The van der Waals surface area contributed by atoms with Gasteiger partial charge in [0.15, 0.2) is 0 Å². The number of benzene rings is 1. The molecule has 2 aromatic rings. The maximum atomic E-state index is 5.71. The lowest BCUT2D eigenvalue weighted by atomic mass is 10.2. The lowest BCUT2D eigenvalue weighted by molar-refractivity contribution is 0.296. The molecule has 2 rings (SSSR count). The first-order valence-electron chi connectivity index (χ1n) is 5.10. The van der Waals surface area contributed by atoms with Gasteiger partial charge in [-0.3, -0.25) is 0 Å². The third-order valence-electron chi connectivity index (χ3n) is 2.30. The summed E-state index contributed by atoms with van der Waals surface area (Å²) in [6.07, 6.45) is 5.50. The van der Waals surface area contributed by atoms with Crippen molar-refractivity contribution in [1.82, 2.24) is 9.55 Å². The molecule has 0 N–H and O–H groups in total. The summed E-state index contributed by atoms with van der Waals surface area (Å²) < 4.78 is 8.95. The minimum absolute atomic E-state index is 0.664. The van der Waals surface area contributed by atoms with Crippen molar-refractivity contribution in [1.29, 1.82) is 0 Å². The van der Waals surface area contributed by atoms with Gasteiger partial charge in [0.25, 0.3) is 0 Å². The fourth-order valence-corrected chi connectivity index (χ4v) is 2.10. The van der Waals surface area contributed by atoms with Crippen LogP contribution in [0.3, 0.4) is 0 Å². The van der Waals surface area contributed by atoms with Gasteiger partial charge in [-0.1, -0.05) is 0 Å². The molecule has 0 atom stereocenters. The molecule has 16 heavy (non-hydrogen) atoms. The van der Waals surface area contributed by atoms with E-state index in [-0.39, 0.29) is 0 Å². The standard InChI is InChI=1S/C12H13IN2O/c1-10-8-11(13)2-3-12(10)16-7-6-15-5-4-14-9-15/h2-5,8-9H,6-7H2,1H3. The Morgan fingerprint density at radius 2 is 2.31 bits per heavy atom. The zero-order valence-electron chi connectivity index (χ0n) is 9.06. The number of aryl methyl sites for hydroxylation is 1. The Labute approximate surface area is 109 Å². The van der Waals surface area contributed by atoms with Crippen LogP contribution in [0.4, 0.5) is 0 Å². The first kappa shape index (κ1) is 11.4. The highest BCUT2D eigenvalue weighted by molar-refractivity contribution is 14.1. The van der Waals surface area contributed by atoms with E-state index in [2.05, 4.69) is 46.6 Å². The minimum Gasteiger partial charge on any atom is -0.491 e. The highest BCUT2D eigenvalue weighted by Gasteiger charge is 1.99. The van der Waals surface area contributed by atoms with Crippen molar-refractivity contribution in [3.05, 3.63) is 46.1 Å². The van der Waals surface area contributed by atoms with Crippen molar-refractivity contribution in [2.75, 3.05) is 6.61 Å². The molecule has 1 aromatic heterocycles. The van der Waals surface area contributed by atoms with Crippen molar-refractivity contribution in [2.24, 2.45) is 0 Å². The SMILES string of the molecule is Cc1cc(I)ccc1OCCn1ccnc1. The molecular weight excluding hydrogens is 315 g/mol. The molecule has 0 aliphatic heterocycles. The third-order valence-corrected chi connectivity index (χ3v) is 2.97. The van der Waals surface area contributed by atoms with Gasteiger partial charge in [-0.2, -0.15) is 0 Å². The molecule has 84 valence electrons. The molecule has 0 saturated heterocycles. The largest absolute Gasteiger partial charge is 0.491 e. The first-order chi connectivity index (χ1) is 7.75. The number of hydrogen-bond acceptors (Lipinski definition) is 2. The quantitative estimate of drug-likeness (QED) is 0.807. The van der Waals surface area contributed by atoms with E-state index in [1.54, 1.807) is 12.5 Å². The summed E-state index contributed by atoms with van der Waals surface area (Å²) in [4.78, 5) is 3.98. The molecule has 0 spiro atoms. The zero-order valence-corrected chi connectivity index (χ0v) is 11.2. The molecule has 0 aliphatic carbocycles. The van der Waals surface area contributed by atoms with Crippen LogP contribution < -0.4 is 4.74 Å². The average molecular weight is 328 g/mol. The van der Waals surface area contributed by atoms with E-state index in [9.17, 15) is 0 Å². The van der Waals surface area contributed by atoms with Crippen molar-refractivity contribution in [3.63, 3.8) is 0 Å². The summed E-state index contributed by atoms with van der Waals surface area (Å²) in [7, 11) is 0. The van der Waals surface area contributed by atoms with Gasteiger partial charge in [0, 0.05) is 16.0 Å². The van der Waals surface area contributed by atoms with E-state index < -0.39 is 0 Å². The monoisotopic (exact) mass is 328 g/mol. The number of aromatic nitrogens is 2. The molecular formula is C12H13IN2O. The van der Waals surface area contributed by atoms with E-state index in [1.807, 2.05) is 16.8 Å². The van der Waals surface area contributed by atoms with Gasteiger partial charge >= 0.3 is 0 Å². The minimum atomic E-state index is 0.664. The normalized spacial score (nSPS) is 10.4. The van der Waals surface area contributed by atoms with Gasteiger partial charge in [0.05, 0.1) is 12.9 Å². The maximum Gasteiger partial charge on any atom is 0.122 e. The summed E-state index contributed by atoms with van der Waals surface area (Å²) in [5, 5.41) is 0. The Bertz CT molecular complexity index is 454. The molecule has 0 saturated carbocycles. The predicted octanol–water partition coefficient (Wildman–Crippen LogP) is 2.88. The van der Waals surface area contributed by atoms with E-state index in [4.69, 9.17) is 4.74 Å².